The minimum atomic E-state index is -0.640. The van der Waals surface area contributed by atoms with Crippen molar-refractivity contribution in [1.29, 1.82) is 0 Å². The highest BCUT2D eigenvalue weighted by atomic mass is 79.9. The van der Waals surface area contributed by atoms with Gasteiger partial charge in [0.15, 0.2) is 0 Å². The number of thiophene rings is 1. The van der Waals surface area contributed by atoms with Gasteiger partial charge >= 0.3 is 0 Å². The van der Waals surface area contributed by atoms with Crippen LogP contribution < -0.4 is 5.32 Å². The average molecular weight is 248 g/mol. The van der Waals surface area contributed by atoms with E-state index in [0.717, 1.165) is 23.0 Å². The molecule has 0 amide bonds. The van der Waals surface area contributed by atoms with Crippen molar-refractivity contribution in [3.05, 3.63) is 20.8 Å². The van der Waals surface area contributed by atoms with Gasteiger partial charge in [-0.15, -0.1) is 0 Å². The molecule has 2 heterocycles. The molecule has 1 saturated heterocycles. The number of hydrogen-bond donors (Lipinski definition) is 2. The molecule has 2 N–H and O–H groups in total. The number of nitrogens with one attached hydrogen (secondary N) is 1. The van der Waals surface area contributed by atoms with E-state index in [2.05, 4.69) is 21.2 Å². The molecule has 1 fully saturated rings. The Bertz CT molecular complexity index is 280. The highest BCUT2D eigenvalue weighted by molar-refractivity contribution is 9.10. The van der Waals surface area contributed by atoms with E-state index in [4.69, 9.17) is 0 Å². The Hall–Kier alpha value is 0.1000. The van der Waals surface area contributed by atoms with Crippen LogP contribution in [0.3, 0.4) is 0 Å². The molecule has 66 valence electrons. The Balaban J connectivity index is 2.34. The summed E-state index contributed by atoms with van der Waals surface area (Å²) in [6.07, 6.45) is 0.808. The lowest BCUT2D eigenvalue weighted by atomic mass is 9.96. The van der Waals surface area contributed by atoms with Gasteiger partial charge in [0.2, 0.25) is 0 Å². The molecular formula is C8H10BrNOS. The van der Waals surface area contributed by atoms with Crippen molar-refractivity contribution >= 4 is 27.3 Å². The lowest BCUT2D eigenvalue weighted by Crippen LogP contribution is -2.27. The summed E-state index contributed by atoms with van der Waals surface area (Å²) in [7, 11) is 0. The Labute approximate surface area is 83.7 Å². The molecule has 4 heteroatoms. The largest absolute Gasteiger partial charge is 0.384 e. The summed E-state index contributed by atoms with van der Waals surface area (Å²) in [6, 6.07) is 0. The van der Waals surface area contributed by atoms with Crippen LogP contribution in [0.15, 0.2) is 15.2 Å². The van der Waals surface area contributed by atoms with Crippen molar-refractivity contribution in [1.82, 2.24) is 5.32 Å². The van der Waals surface area contributed by atoms with Gasteiger partial charge < -0.3 is 10.4 Å². The van der Waals surface area contributed by atoms with Crippen molar-refractivity contribution in [2.75, 3.05) is 13.1 Å². The Morgan fingerprint density at radius 2 is 2.42 bits per heavy atom. The highest BCUT2D eigenvalue weighted by Crippen LogP contribution is 2.35. The molecular weight excluding hydrogens is 238 g/mol. The normalized spacial score (nSPS) is 29.5. The van der Waals surface area contributed by atoms with E-state index in [1.54, 1.807) is 11.3 Å². The van der Waals surface area contributed by atoms with E-state index in [-0.39, 0.29) is 0 Å². The molecule has 1 aromatic heterocycles. The predicted octanol–water partition coefficient (Wildman–Crippen LogP) is 1.69. The standard InChI is InChI=1S/C8H10BrNOS/c9-7-4-12-3-6(7)8(11)1-2-10-5-8/h3-4,10-11H,1-2,5H2. The second-order valence-corrected chi connectivity index (χ2v) is 4.69. The van der Waals surface area contributed by atoms with Crippen LogP contribution in [0.25, 0.3) is 0 Å². The van der Waals surface area contributed by atoms with Crippen molar-refractivity contribution in [3.63, 3.8) is 0 Å². The van der Waals surface area contributed by atoms with Crippen molar-refractivity contribution in [3.8, 4) is 0 Å². The third kappa shape index (κ3) is 1.33. The van der Waals surface area contributed by atoms with E-state index in [9.17, 15) is 5.11 Å². The first kappa shape index (κ1) is 8.69. The van der Waals surface area contributed by atoms with Crippen LogP contribution in [-0.4, -0.2) is 18.2 Å². The number of rotatable bonds is 1. The molecule has 12 heavy (non-hydrogen) atoms. The van der Waals surface area contributed by atoms with Gasteiger partial charge in [0.25, 0.3) is 0 Å². The molecule has 1 aliphatic heterocycles. The minimum absolute atomic E-state index is 0.640. The molecule has 0 aromatic carbocycles. The van der Waals surface area contributed by atoms with Gasteiger partial charge in [0.05, 0.1) is 0 Å². The van der Waals surface area contributed by atoms with Gasteiger partial charge in [-0.05, 0) is 34.3 Å². The third-order valence-electron chi connectivity index (χ3n) is 2.25. The fourth-order valence-corrected chi connectivity index (χ4v) is 3.28. The van der Waals surface area contributed by atoms with Gasteiger partial charge in [-0.3, -0.25) is 0 Å². The zero-order valence-corrected chi connectivity index (χ0v) is 8.91. The molecule has 2 rings (SSSR count). The monoisotopic (exact) mass is 247 g/mol. The second-order valence-electron chi connectivity index (χ2n) is 3.09. The fraction of sp³-hybridized carbons (Fsp3) is 0.500. The lowest BCUT2D eigenvalue weighted by molar-refractivity contribution is 0.0585. The quantitative estimate of drug-likeness (QED) is 0.792. The van der Waals surface area contributed by atoms with Gasteiger partial charge in [0, 0.05) is 22.0 Å². The number of β-amino-alcohol motifs (C(OH)–C–C–N with tert-alkyl or cyclic N) is 1. The molecule has 0 aliphatic carbocycles. The Morgan fingerprint density at radius 1 is 1.58 bits per heavy atom. The van der Waals surface area contributed by atoms with E-state index in [0.29, 0.717) is 6.54 Å². The molecule has 0 bridgehead atoms. The highest BCUT2D eigenvalue weighted by Gasteiger charge is 2.34. The molecule has 0 saturated carbocycles. The van der Waals surface area contributed by atoms with Gasteiger partial charge in [-0.1, -0.05) is 0 Å². The van der Waals surface area contributed by atoms with Crippen LogP contribution in [0.1, 0.15) is 12.0 Å². The first-order valence-corrected chi connectivity index (χ1v) is 5.61. The smallest absolute Gasteiger partial charge is 0.105 e. The van der Waals surface area contributed by atoms with E-state index in [1.165, 1.54) is 0 Å². The summed E-state index contributed by atoms with van der Waals surface area (Å²) in [5.41, 5.74) is 0.385. The zero-order valence-electron chi connectivity index (χ0n) is 6.51. The topological polar surface area (TPSA) is 32.3 Å². The maximum atomic E-state index is 10.1. The molecule has 2 nitrogen and oxygen atoms in total. The van der Waals surface area contributed by atoms with Gasteiger partial charge in [0.1, 0.15) is 5.60 Å². The Kier molecular flexibility index (Phi) is 2.25. The summed E-state index contributed by atoms with van der Waals surface area (Å²) in [5, 5.41) is 17.3. The Morgan fingerprint density at radius 3 is 2.92 bits per heavy atom. The molecule has 0 spiro atoms. The summed E-state index contributed by atoms with van der Waals surface area (Å²) < 4.78 is 1.03. The maximum Gasteiger partial charge on any atom is 0.105 e. The van der Waals surface area contributed by atoms with Crippen molar-refractivity contribution in [2.45, 2.75) is 12.0 Å². The molecule has 1 atom stereocenters. The van der Waals surface area contributed by atoms with Gasteiger partial charge in [-0.2, -0.15) is 11.3 Å². The first-order chi connectivity index (χ1) is 5.72. The summed E-state index contributed by atoms with van der Waals surface area (Å²) in [5.74, 6) is 0. The molecule has 1 aromatic rings. The third-order valence-corrected chi connectivity index (χ3v) is 3.95. The van der Waals surface area contributed by atoms with Crippen LogP contribution in [0.4, 0.5) is 0 Å². The summed E-state index contributed by atoms with van der Waals surface area (Å²) in [6.45, 7) is 1.57. The summed E-state index contributed by atoms with van der Waals surface area (Å²) in [4.78, 5) is 0. The number of hydrogen-bond acceptors (Lipinski definition) is 3. The first-order valence-electron chi connectivity index (χ1n) is 3.88. The van der Waals surface area contributed by atoms with Crippen LogP contribution in [0.2, 0.25) is 0 Å². The molecule has 1 aliphatic rings. The van der Waals surface area contributed by atoms with E-state index in [1.807, 2.05) is 10.8 Å². The second kappa shape index (κ2) is 3.10. The molecule has 0 radical (unpaired) electrons. The van der Waals surface area contributed by atoms with E-state index >= 15 is 0 Å². The van der Waals surface area contributed by atoms with Crippen LogP contribution in [0.5, 0.6) is 0 Å². The van der Waals surface area contributed by atoms with Crippen molar-refractivity contribution in [2.24, 2.45) is 0 Å². The fourth-order valence-electron chi connectivity index (χ4n) is 1.52. The van der Waals surface area contributed by atoms with Crippen molar-refractivity contribution < 1.29 is 5.11 Å². The average Bonchev–Trinajstić information content (AvgIpc) is 2.59. The maximum absolute atomic E-state index is 10.1. The zero-order chi connectivity index (χ0) is 8.60. The van der Waals surface area contributed by atoms with E-state index < -0.39 is 5.60 Å². The SMILES string of the molecule is OC1(c2cscc2Br)CCNC1. The molecule has 1 unspecified atom stereocenters. The van der Waals surface area contributed by atoms with Crippen LogP contribution >= 0.6 is 27.3 Å². The van der Waals surface area contributed by atoms with Crippen LogP contribution in [-0.2, 0) is 5.60 Å². The number of aliphatic hydroxyl groups is 1. The van der Waals surface area contributed by atoms with Crippen LogP contribution in [0, 0.1) is 0 Å². The predicted molar refractivity (Wildman–Crippen MR) is 53.4 cm³/mol. The summed E-state index contributed by atoms with van der Waals surface area (Å²) >= 11 is 5.05. The lowest BCUT2D eigenvalue weighted by Gasteiger charge is -2.20. The van der Waals surface area contributed by atoms with Gasteiger partial charge in [-0.25, -0.2) is 0 Å². The number of halogens is 1. The minimum Gasteiger partial charge on any atom is -0.384 e.